The molecule has 7 heteroatoms. The number of aryl methyl sites for hydroxylation is 1. The van der Waals surface area contributed by atoms with E-state index in [0.29, 0.717) is 6.54 Å². The Kier molecular flexibility index (Phi) is 9.68. The number of aromatic amines is 1. The molecule has 3 N–H and O–H groups in total. The van der Waals surface area contributed by atoms with Gasteiger partial charge in [0, 0.05) is 30.2 Å². The summed E-state index contributed by atoms with van der Waals surface area (Å²) in [4.78, 5) is 15.3. The van der Waals surface area contributed by atoms with Crippen LogP contribution in [0.25, 0.3) is 10.9 Å². The highest BCUT2D eigenvalue weighted by molar-refractivity contribution is 5.84. The number of carbonyl (C=O) groups is 1. The molecule has 0 fully saturated rings. The fourth-order valence-electron chi connectivity index (χ4n) is 4.18. The molecule has 0 bridgehead atoms. The third kappa shape index (κ3) is 8.17. The van der Waals surface area contributed by atoms with Crippen molar-refractivity contribution in [2.45, 2.75) is 32.4 Å². The van der Waals surface area contributed by atoms with Crippen LogP contribution in [0.3, 0.4) is 0 Å². The van der Waals surface area contributed by atoms with Gasteiger partial charge in [-0.2, -0.15) is 0 Å². The van der Waals surface area contributed by atoms with Crippen molar-refractivity contribution >= 4 is 16.8 Å². The molecule has 0 aliphatic carbocycles. The first-order valence-corrected chi connectivity index (χ1v) is 12.6. The van der Waals surface area contributed by atoms with Crippen molar-refractivity contribution in [2.75, 3.05) is 26.8 Å². The van der Waals surface area contributed by atoms with E-state index < -0.39 is 0 Å². The Labute approximate surface area is 217 Å². The van der Waals surface area contributed by atoms with Crippen LogP contribution in [0.4, 0.5) is 4.39 Å². The Hall–Kier alpha value is -3.68. The number of H-pyrrole nitrogens is 1. The van der Waals surface area contributed by atoms with Gasteiger partial charge >= 0.3 is 0 Å². The minimum Gasteiger partial charge on any atom is -0.497 e. The molecule has 194 valence electrons. The second-order valence-corrected chi connectivity index (χ2v) is 9.04. The standard InChI is InChI=1S/C30H34FN3O3/c1-36-27-12-13-29-28(17-27)25(19-34-29)14-16-32-18-23-6-4-22(5-7-23)3-2-15-33-30(35)21-37-20-24-8-10-26(31)11-9-24/h4-13,17,19,32,34H,2-3,14-16,18,20-21H2,1H3,(H,33,35). The molecule has 4 rings (SSSR count). The number of benzene rings is 3. The number of hydrogen-bond donors (Lipinski definition) is 3. The average Bonchev–Trinajstić information content (AvgIpc) is 3.33. The summed E-state index contributed by atoms with van der Waals surface area (Å²) in [6.45, 7) is 2.58. The van der Waals surface area contributed by atoms with Gasteiger partial charge in [-0.25, -0.2) is 4.39 Å². The Bertz CT molecular complexity index is 1270. The average molecular weight is 504 g/mol. The number of nitrogens with one attached hydrogen (secondary N) is 3. The quantitative estimate of drug-likeness (QED) is 0.214. The molecule has 0 saturated heterocycles. The van der Waals surface area contributed by atoms with Crippen molar-refractivity contribution < 1.29 is 18.7 Å². The molecule has 0 atom stereocenters. The van der Waals surface area contributed by atoms with Gasteiger partial charge < -0.3 is 25.1 Å². The van der Waals surface area contributed by atoms with Gasteiger partial charge in [-0.1, -0.05) is 36.4 Å². The first kappa shape index (κ1) is 26.4. The zero-order valence-electron chi connectivity index (χ0n) is 21.2. The second-order valence-electron chi connectivity index (χ2n) is 9.04. The van der Waals surface area contributed by atoms with Crippen LogP contribution in [-0.4, -0.2) is 37.7 Å². The molecule has 0 aliphatic heterocycles. The molecular weight excluding hydrogens is 469 g/mol. The third-order valence-electron chi connectivity index (χ3n) is 6.28. The first-order valence-electron chi connectivity index (χ1n) is 12.6. The molecule has 6 nitrogen and oxygen atoms in total. The maximum absolute atomic E-state index is 12.9. The number of amides is 1. The lowest BCUT2D eigenvalue weighted by molar-refractivity contribution is -0.126. The zero-order chi connectivity index (χ0) is 25.9. The Morgan fingerprint density at radius 1 is 0.919 bits per heavy atom. The number of halogens is 1. The highest BCUT2D eigenvalue weighted by atomic mass is 19.1. The predicted octanol–water partition coefficient (Wildman–Crippen LogP) is 4.91. The lowest BCUT2D eigenvalue weighted by Gasteiger charge is -2.08. The van der Waals surface area contributed by atoms with Crippen molar-refractivity contribution in [1.82, 2.24) is 15.6 Å². The van der Waals surface area contributed by atoms with Gasteiger partial charge in [-0.15, -0.1) is 0 Å². The molecule has 0 spiro atoms. The van der Waals surface area contributed by atoms with Crippen LogP contribution in [-0.2, 0) is 35.5 Å². The maximum atomic E-state index is 12.9. The Morgan fingerprint density at radius 2 is 1.68 bits per heavy atom. The number of aromatic nitrogens is 1. The number of methoxy groups -OCH3 is 1. The molecule has 0 aliphatic rings. The van der Waals surface area contributed by atoms with Crippen molar-refractivity contribution in [3.63, 3.8) is 0 Å². The minimum absolute atomic E-state index is 0.00638. The van der Waals surface area contributed by atoms with Crippen molar-refractivity contribution in [3.8, 4) is 5.75 Å². The zero-order valence-corrected chi connectivity index (χ0v) is 21.2. The SMILES string of the molecule is COc1ccc2[nH]cc(CCNCc3ccc(CCCNC(=O)COCc4ccc(F)cc4)cc3)c2c1. The molecule has 3 aromatic carbocycles. The number of rotatable bonds is 14. The lowest BCUT2D eigenvalue weighted by atomic mass is 10.1. The van der Waals surface area contributed by atoms with Crippen LogP contribution >= 0.6 is 0 Å². The molecule has 37 heavy (non-hydrogen) atoms. The Balaban J connectivity index is 1.08. The van der Waals surface area contributed by atoms with Crippen LogP contribution < -0.4 is 15.4 Å². The molecule has 4 aromatic rings. The van der Waals surface area contributed by atoms with Gasteiger partial charge in [0.2, 0.25) is 5.91 Å². The van der Waals surface area contributed by atoms with Crippen molar-refractivity contribution in [3.05, 3.63) is 101 Å². The summed E-state index contributed by atoms with van der Waals surface area (Å²) in [5.41, 5.74) is 5.74. The van der Waals surface area contributed by atoms with Gasteiger partial charge in [-0.3, -0.25) is 4.79 Å². The third-order valence-corrected chi connectivity index (χ3v) is 6.28. The van der Waals surface area contributed by atoms with Crippen molar-refractivity contribution in [2.24, 2.45) is 0 Å². The van der Waals surface area contributed by atoms with E-state index in [9.17, 15) is 9.18 Å². The van der Waals surface area contributed by atoms with E-state index in [1.807, 2.05) is 12.1 Å². The monoisotopic (exact) mass is 503 g/mol. The largest absolute Gasteiger partial charge is 0.497 e. The van der Waals surface area contributed by atoms with Gasteiger partial charge in [0.05, 0.1) is 13.7 Å². The summed E-state index contributed by atoms with van der Waals surface area (Å²) in [5, 5.41) is 7.61. The van der Waals surface area contributed by atoms with E-state index >= 15 is 0 Å². The van der Waals surface area contributed by atoms with E-state index in [2.05, 4.69) is 52.1 Å². The van der Waals surface area contributed by atoms with E-state index in [-0.39, 0.29) is 24.9 Å². The smallest absolute Gasteiger partial charge is 0.246 e. The van der Waals surface area contributed by atoms with Crippen LogP contribution in [0.5, 0.6) is 5.75 Å². The van der Waals surface area contributed by atoms with Gasteiger partial charge in [0.15, 0.2) is 0 Å². The van der Waals surface area contributed by atoms with Crippen LogP contribution in [0.2, 0.25) is 0 Å². The van der Waals surface area contributed by atoms with Crippen LogP contribution in [0, 0.1) is 5.82 Å². The van der Waals surface area contributed by atoms with Crippen molar-refractivity contribution in [1.29, 1.82) is 0 Å². The second kappa shape index (κ2) is 13.6. The number of hydrogen-bond acceptors (Lipinski definition) is 4. The topological polar surface area (TPSA) is 75.4 Å². The van der Waals surface area contributed by atoms with Gasteiger partial charge in [0.1, 0.15) is 18.2 Å². The maximum Gasteiger partial charge on any atom is 0.246 e. The summed E-state index contributed by atoms with van der Waals surface area (Å²) in [6.07, 6.45) is 4.77. The van der Waals surface area contributed by atoms with E-state index in [1.165, 1.54) is 34.2 Å². The molecule has 0 unspecified atom stereocenters. The van der Waals surface area contributed by atoms with Crippen LogP contribution in [0.1, 0.15) is 28.7 Å². The number of fused-ring (bicyclic) bond motifs is 1. The number of carbonyl (C=O) groups excluding carboxylic acids is 1. The van der Waals surface area contributed by atoms with E-state index in [0.717, 1.165) is 49.2 Å². The van der Waals surface area contributed by atoms with Crippen LogP contribution in [0.15, 0.2) is 72.9 Å². The molecule has 0 radical (unpaired) electrons. The summed E-state index contributed by atoms with van der Waals surface area (Å²) in [6, 6.07) is 20.8. The first-order chi connectivity index (χ1) is 18.1. The summed E-state index contributed by atoms with van der Waals surface area (Å²) < 4.78 is 23.6. The lowest BCUT2D eigenvalue weighted by Crippen LogP contribution is -2.28. The fraction of sp³-hybridized carbons (Fsp3) is 0.300. The van der Waals surface area contributed by atoms with E-state index in [4.69, 9.17) is 9.47 Å². The molecule has 1 amide bonds. The Morgan fingerprint density at radius 3 is 2.46 bits per heavy atom. The summed E-state index contributed by atoms with van der Waals surface area (Å²) >= 11 is 0. The minimum atomic E-state index is -0.285. The fourth-order valence-corrected chi connectivity index (χ4v) is 4.18. The summed E-state index contributed by atoms with van der Waals surface area (Å²) in [7, 11) is 1.69. The normalized spacial score (nSPS) is 11.1. The van der Waals surface area contributed by atoms with Gasteiger partial charge in [-0.05, 0) is 78.4 Å². The predicted molar refractivity (Wildman–Crippen MR) is 144 cm³/mol. The highest BCUT2D eigenvalue weighted by Crippen LogP contribution is 2.23. The summed E-state index contributed by atoms with van der Waals surface area (Å²) in [5.74, 6) is 0.443. The number of ether oxygens (including phenoxy) is 2. The highest BCUT2D eigenvalue weighted by Gasteiger charge is 2.06. The molecule has 0 saturated carbocycles. The molecular formula is C30H34FN3O3. The molecule has 1 aromatic heterocycles. The van der Waals surface area contributed by atoms with Gasteiger partial charge in [0.25, 0.3) is 0 Å². The van der Waals surface area contributed by atoms with E-state index in [1.54, 1.807) is 19.2 Å². The molecule has 1 heterocycles.